The zero-order valence-electron chi connectivity index (χ0n) is 15.4. The quantitative estimate of drug-likeness (QED) is 0.778. The van der Waals surface area contributed by atoms with Crippen LogP contribution in [-0.4, -0.2) is 36.0 Å². The number of carbonyl (C=O) groups excluding carboxylic acids is 2. The monoisotopic (exact) mass is 364 g/mol. The van der Waals surface area contributed by atoms with Crippen LogP contribution in [0.1, 0.15) is 30.9 Å². The minimum absolute atomic E-state index is 0.428. The maximum absolute atomic E-state index is 12.9. The van der Waals surface area contributed by atoms with E-state index in [9.17, 15) is 9.59 Å². The highest BCUT2D eigenvalue weighted by atomic mass is 16.5. The summed E-state index contributed by atoms with van der Waals surface area (Å²) >= 11 is 0. The van der Waals surface area contributed by atoms with E-state index in [1.165, 1.54) is 11.9 Å². The fourth-order valence-electron chi connectivity index (χ4n) is 2.86. The molecule has 0 fully saturated rings. The van der Waals surface area contributed by atoms with Gasteiger partial charge in [-0.25, -0.2) is 0 Å². The van der Waals surface area contributed by atoms with Crippen LogP contribution in [0.5, 0.6) is 11.5 Å². The Morgan fingerprint density at radius 1 is 1.11 bits per heavy atom. The lowest BCUT2D eigenvalue weighted by atomic mass is 9.88. The van der Waals surface area contributed by atoms with Crippen molar-refractivity contribution >= 4 is 11.9 Å². The number of fused-ring (bicyclic) bond motifs is 2. The summed E-state index contributed by atoms with van der Waals surface area (Å²) in [4.78, 5) is 26.4. The number of amides is 1. The molecule has 1 aliphatic rings. The van der Waals surface area contributed by atoms with E-state index in [0.29, 0.717) is 22.6 Å². The molecule has 0 atom stereocenters. The molecule has 0 radical (unpaired) electrons. The van der Waals surface area contributed by atoms with Crippen LogP contribution in [0.2, 0.25) is 0 Å². The Hall–Kier alpha value is -3.33. The van der Waals surface area contributed by atoms with Crippen molar-refractivity contribution in [3.8, 4) is 17.6 Å². The number of hydrogen-bond acceptors (Lipinski definition) is 5. The van der Waals surface area contributed by atoms with Crippen molar-refractivity contribution in [2.45, 2.75) is 25.3 Å². The van der Waals surface area contributed by atoms with Gasteiger partial charge in [-0.2, -0.15) is 5.26 Å². The van der Waals surface area contributed by atoms with E-state index in [4.69, 9.17) is 14.7 Å². The van der Waals surface area contributed by atoms with Crippen LogP contribution < -0.4 is 4.74 Å². The minimum Gasteiger partial charge on any atom is -0.457 e. The van der Waals surface area contributed by atoms with Crippen molar-refractivity contribution < 1.29 is 19.1 Å². The summed E-state index contributed by atoms with van der Waals surface area (Å²) in [5, 5.41) is 9.15. The first-order valence-electron chi connectivity index (χ1n) is 8.55. The maximum Gasteiger partial charge on any atom is 0.318 e. The fourth-order valence-corrected chi connectivity index (χ4v) is 2.86. The molecule has 0 N–H and O–H groups in total. The average molecular weight is 364 g/mol. The number of rotatable bonds is 4. The highest BCUT2D eigenvalue weighted by Gasteiger charge is 2.34. The Morgan fingerprint density at radius 3 is 2.15 bits per heavy atom. The third kappa shape index (κ3) is 3.49. The summed E-state index contributed by atoms with van der Waals surface area (Å²) in [5.74, 6) is -0.467. The van der Waals surface area contributed by atoms with Gasteiger partial charge in [0.25, 0.3) is 5.91 Å². The molecule has 2 aromatic rings. The number of hydrogen-bond donors (Lipinski definition) is 0. The van der Waals surface area contributed by atoms with Crippen LogP contribution in [0, 0.1) is 11.3 Å². The molecule has 0 aromatic heterocycles. The summed E-state index contributed by atoms with van der Waals surface area (Å²) in [6, 6.07) is 16.6. The van der Waals surface area contributed by atoms with Crippen LogP contribution >= 0.6 is 0 Å². The largest absolute Gasteiger partial charge is 0.457 e. The highest BCUT2D eigenvalue weighted by molar-refractivity contribution is 5.88. The second-order valence-corrected chi connectivity index (χ2v) is 6.84. The summed E-state index contributed by atoms with van der Waals surface area (Å²) in [7, 11) is 1.51. The number of likely N-dealkylation sites (N-methyl/N-ethyl adjacent to an activating group) is 1. The molecule has 27 heavy (non-hydrogen) atoms. The standard InChI is InChI=1S/C21H20N2O4/c1-21(2,13-22)23(3)18(24)12-26-20(25)19-14-8-4-6-10-16(14)27-17-11-7-5-9-15(17)19/h4-11,19H,12H2,1-3H3. The SMILES string of the molecule is CN(C(=O)COC(=O)C1c2ccccc2Oc2ccccc21)C(C)(C)C#N. The van der Waals surface area contributed by atoms with Crippen molar-refractivity contribution in [2.24, 2.45) is 0 Å². The van der Waals surface area contributed by atoms with Gasteiger partial charge < -0.3 is 14.4 Å². The maximum atomic E-state index is 12.9. The topological polar surface area (TPSA) is 79.6 Å². The average Bonchev–Trinajstić information content (AvgIpc) is 2.69. The summed E-state index contributed by atoms with van der Waals surface area (Å²) in [6.07, 6.45) is 0. The van der Waals surface area contributed by atoms with Crippen molar-refractivity contribution in [3.05, 3.63) is 59.7 Å². The zero-order chi connectivity index (χ0) is 19.6. The van der Waals surface area contributed by atoms with Gasteiger partial charge in [0.1, 0.15) is 23.0 Å². The first-order chi connectivity index (χ1) is 12.8. The van der Waals surface area contributed by atoms with E-state index in [0.717, 1.165) is 0 Å². The second-order valence-electron chi connectivity index (χ2n) is 6.84. The number of para-hydroxylation sites is 2. The number of esters is 1. The van der Waals surface area contributed by atoms with Crippen LogP contribution in [0.4, 0.5) is 0 Å². The van der Waals surface area contributed by atoms with Gasteiger partial charge in [-0.15, -0.1) is 0 Å². The van der Waals surface area contributed by atoms with Crippen LogP contribution in [0.25, 0.3) is 0 Å². The Labute approximate surface area is 157 Å². The molecule has 3 rings (SSSR count). The number of ether oxygens (including phenoxy) is 2. The molecule has 0 unspecified atom stereocenters. The summed E-state index contributed by atoms with van der Waals surface area (Å²) < 4.78 is 11.2. The van der Waals surface area contributed by atoms with E-state index in [-0.39, 0.29) is 0 Å². The van der Waals surface area contributed by atoms with Gasteiger partial charge in [0.15, 0.2) is 6.61 Å². The molecule has 138 valence electrons. The molecule has 1 heterocycles. The molecule has 0 saturated heterocycles. The Kier molecular flexibility index (Phi) is 4.87. The Morgan fingerprint density at radius 2 is 1.63 bits per heavy atom. The van der Waals surface area contributed by atoms with Gasteiger partial charge in [-0.1, -0.05) is 36.4 Å². The van der Waals surface area contributed by atoms with Crippen molar-refractivity contribution in [2.75, 3.05) is 13.7 Å². The normalized spacial score (nSPS) is 12.8. The van der Waals surface area contributed by atoms with E-state index in [1.807, 2.05) is 42.5 Å². The molecular weight excluding hydrogens is 344 g/mol. The fraction of sp³-hybridized carbons (Fsp3) is 0.286. The smallest absolute Gasteiger partial charge is 0.318 e. The van der Waals surface area contributed by atoms with Gasteiger partial charge in [0.05, 0.1) is 6.07 Å². The number of nitrogens with zero attached hydrogens (tertiary/aromatic N) is 2. The molecule has 0 saturated carbocycles. The van der Waals surface area contributed by atoms with Gasteiger partial charge in [-0.05, 0) is 26.0 Å². The lowest BCUT2D eigenvalue weighted by molar-refractivity contribution is -0.153. The molecule has 0 spiro atoms. The minimum atomic E-state index is -0.985. The van der Waals surface area contributed by atoms with E-state index < -0.39 is 29.9 Å². The molecule has 1 aliphatic heterocycles. The van der Waals surface area contributed by atoms with Gasteiger partial charge in [0.2, 0.25) is 0 Å². The van der Waals surface area contributed by atoms with E-state index in [1.54, 1.807) is 26.0 Å². The van der Waals surface area contributed by atoms with Crippen LogP contribution in [0.3, 0.4) is 0 Å². The van der Waals surface area contributed by atoms with Crippen molar-refractivity contribution in [1.29, 1.82) is 5.26 Å². The summed E-state index contributed by atoms with van der Waals surface area (Å²) in [6.45, 7) is 2.82. The zero-order valence-corrected chi connectivity index (χ0v) is 15.4. The number of nitriles is 1. The molecule has 0 aliphatic carbocycles. The van der Waals surface area contributed by atoms with Crippen molar-refractivity contribution in [3.63, 3.8) is 0 Å². The van der Waals surface area contributed by atoms with E-state index in [2.05, 4.69) is 0 Å². The first kappa shape index (κ1) is 18.5. The summed E-state index contributed by atoms with van der Waals surface area (Å²) in [5.41, 5.74) is 0.403. The van der Waals surface area contributed by atoms with Crippen LogP contribution in [-0.2, 0) is 14.3 Å². The Bertz CT molecular complexity index is 884. The van der Waals surface area contributed by atoms with Gasteiger partial charge in [0, 0.05) is 18.2 Å². The predicted molar refractivity (Wildman–Crippen MR) is 98.2 cm³/mol. The van der Waals surface area contributed by atoms with Gasteiger partial charge >= 0.3 is 5.97 Å². The number of benzene rings is 2. The van der Waals surface area contributed by atoms with Crippen molar-refractivity contribution in [1.82, 2.24) is 4.90 Å². The molecule has 6 nitrogen and oxygen atoms in total. The van der Waals surface area contributed by atoms with Crippen LogP contribution in [0.15, 0.2) is 48.5 Å². The number of carbonyl (C=O) groups is 2. The highest BCUT2D eigenvalue weighted by Crippen LogP contribution is 2.44. The molecule has 1 amide bonds. The Balaban J connectivity index is 1.82. The molecular formula is C21H20N2O4. The second kappa shape index (κ2) is 7.12. The van der Waals surface area contributed by atoms with Gasteiger partial charge in [-0.3, -0.25) is 9.59 Å². The predicted octanol–water partition coefficient (Wildman–Crippen LogP) is 3.23. The molecule has 2 aromatic carbocycles. The third-order valence-corrected chi connectivity index (χ3v) is 4.74. The lowest BCUT2D eigenvalue weighted by Gasteiger charge is -2.30. The van der Waals surface area contributed by atoms with E-state index >= 15 is 0 Å². The molecule has 6 heteroatoms. The molecule has 0 bridgehead atoms. The third-order valence-electron chi connectivity index (χ3n) is 4.74. The lowest BCUT2D eigenvalue weighted by Crippen LogP contribution is -2.45. The first-order valence-corrected chi connectivity index (χ1v) is 8.55.